The third-order valence-electron chi connectivity index (χ3n) is 3.43. The highest BCUT2D eigenvalue weighted by molar-refractivity contribution is 7.14. The molecular formula is C18H13ClFN3O2S. The molecule has 5 nitrogen and oxygen atoms in total. The van der Waals surface area contributed by atoms with Crippen molar-refractivity contribution in [3.63, 3.8) is 0 Å². The van der Waals surface area contributed by atoms with E-state index in [1.165, 1.54) is 12.1 Å². The summed E-state index contributed by atoms with van der Waals surface area (Å²) < 4.78 is 12.9. The first kappa shape index (κ1) is 18.0. The molecule has 0 aliphatic heterocycles. The van der Waals surface area contributed by atoms with E-state index >= 15 is 0 Å². The molecule has 1 heterocycles. The van der Waals surface area contributed by atoms with Crippen molar-refractivity contribution in [3.8, 4) is 0 Å². The first-order chi connectivity index (χ1) is 12.5. The Morgan fingerprint density at radius 3 is 2.42 bits per heavy atom. The second-order valence-electron chi connectivity index (χ2n) is 5.31. The van der Waals surface area contributed by atoms with Gasteiger partial charge in [-0.25, -0.2) is 9.37 Å². The summed E-state index contributed by atoms with van der Waals surface area (Å²) >= 11 is 6.94. The molecule has 0 fully saturated rings. The average Bonchev–Trinajstić information content (AvgIpc) is 3.10. The number of anilines is 1. The summed E-state index contributed by atoms with van der Waals surface area (Å²) in [6.07, 6.45) is 0. The van der Waals surface area contributed by atoms with Crippen LogP contribution in [0.3, 0.4) is 0 Å². The largest absolute Gasteiger partial charge is 0.347 e. The number of hydrogen-bond acceptors (Lipinski definition) is 4. The second-order valence-corrected chi connectivity index (χ2v) is 6.60. The van der Waals surface area contributed by atoms with Gasteiger partial charge in [0.15, 0.2) is 5.13 Å². The Balaban J connectivity index is 1.58. The number of nitrogens with zero attached hydrogens (tertiary/aromatic N) is 1. The molecule has 0 saturated heterocycles. The number of carbonyl (C=O) groups excluding carboxylic acids is 2. The topological polar surface area (TPSA) is 71.1 Å². The van der Waals surface area contributed by atoms with Gasteiger partial charge in [-0.3, -0.25) is 14.9 Å². The summed E-state index contributed by atoms with van der Waals surface area (Å²) in [6, 6.07) is 12.3. The van der Waals surface area contributed by atoms with E-state index in [0.717, 1.165) is 16.9 Å². The number of aromatic nitrogens is 1. The third kappa shape index (κ3) is 4.65. The van der Waals surface area contributed by atoms with Gasteiger partial charge in [0, 0.05) is 22.5 Å². The van der Waals surface area contributed by atoms with Crippen LogP contribution in [0, 0.1) is 5.82 Å². The Morgan fingerprint density at radius 2 is 1.73 bits per heavy atom. The lowest BCUT2D eigenvalue weighted by atomic mass is 10.2. The standard InChI is InChI=1S/C18H13ClFN3O2S/c19-13-5-3-12(4-6-13)16(24)23-18-22-15(10-26-18)17(25)21-9-11-1-7-14(20)8-2-11/h1-8,10H,9H2,(H,21,25)(H,22,23,24). The fraction of sp³-hybridized carbons (Fsp3) is 0.0556. The predicted molar refractivity (Wildman–Crippen MR) is 99.1 cm³/mol. The smallest absolute Gasteiger partial charge is 0.271 e. The Hall–Kier alpha value is -2.77. The highest BCUT2D eigenvalue weighted by Crippen LogP contribution is 2.17. The lowest BCUT2D eigenvalue weighted by Gasteiger charge is -2.03. The maximum Gasteiger partial charge on any atom is 0.271 e. The molecule has 8 heteroatoms. The highest BCUT2D eigenvalue weighted by atomic mass is 35.5. The van der Waals surface area contributed by atoms with Crippen LogP contribution in [0.15, 0.2) is 53.9 Å². The van der Waals surface area contributed by atoms with Gasteiger partial charge in [0.25, 0.3) is 11.8 Å². The number of rotatable bonds is 5. The van der Waals surface area contributed by atoms with Crippen molar-refractivity contribution in [3.05, 3.63) is 81.6 Å². The normalized spacial score (nSPS) is 10.4. The van der Waals surface area contributed by atoms with Gasteiger partial charge in [-0.15, -0.1) is 11.3 Å². The molecule has 2 aromatic carbocycles. The molecule has 3 rings (SSSR count). The van der Waals surface area contributed by atoms with E-state index in [-0.39, 0.29) is 29.9 Å². The molecule has 0 spiro atoms. The Kier molecular flexibility index (Phi) is 5.60. The van der Waals surface area contributed by atoms with Crippen LogP contribution >= 0.6 is 22.9 Å². The molecular weight excluding hydrogens is 377 g/mol. The van der Waals surface area contributed by atoms with Gasteiger partial charge < -0.3 is 5.32 Å². The maximum absolute atomic E-state index is 12.9. The molecule has 3 aromatic rings. The molecule has 26 heavy (non-hydrogen) atoms. The molecule has 0 atom stereocenters. The fourth-order valence-electron chi connectivity index (χ4n) is 2.08. The zero-order valence-electron chi connectivity index (χ0n) is 13.3. The Morgan fingerprint density at radius 1 is 1.04 bits per heavy atom. The number of thiazole rings is 1. The van der Waals surface area contributed by atoms with Crippen LogP contribution in [0.5, 0.6) is 0 Å². The molecule has 2 amide bonds. The van der Waals surface area contributed by atoms with E-state index < -0.39 is 0 Å². The molecule has 0 aliphatic rings. The minimum Gasteiger partial charge on any atom is -0.347 e. The summed E-state index contributed by atoms with van der Waals surface area (Å²) in [4.78, 5) is 28.4. The van der Waals surface area contributed by atoms with E-state index in [1.807, 2.05) is 0 Å². The van der Waals surface area contributed by atoms with Crippen molar-refractivity contribution < 1.29 is 14.0 Å². The summed E-state index contributed by atoms with van der Waals surface area (Å²) in [5.41, 5.74) is 1.40. The number of halogens is 2. The Bertz CT molecular complexity index is 926. The molecule has 0 bridgehead atoms. The van der Waals surface area contributed by atoms with Crippen LogP contribution < -0.4 is 10.6 Å². The quantitative estimate of drug-likeness (QED) is 0.689. The number of amides is 2. The van der Waals surface area contributed by atoms with E-state index in [4.69, 9.17) is 11.6 Å². The fourth-order valence-corrected chi connectivity index (χ4v) is 2.89. The minimum atomic E-state index is -0.377. The molecule has 2 N–H and O–H groups in total. The van der Waals surface area contributed by atoms with Crippen LogP contribution in [-0.4, -0.2) is 16.8 Å². The zero-order chi connectivity index (χ0) is 18.5. The van der Waals surface area contributed by atoms with Crippen molar-refractivity contribution in [2.75, 3.05) is 5.32 Å². The summed E-state index contributed by atoms with van der Waals surface area (Å²) in [5, 5.41) is 7.74. The second kappa shape index (κ2) is 8.07. The molecule has 0 saturated carbocycles. The predicted octanol–water partition coefficient (Wildman–Crippen LogP) is 4.12. The lowest BCUT2D eigenvalue weighted by molar-refractivity contribution is 0.0945. The number of nitrogens with one attached hydrogen (secondary N) is 2. The first-order valence-corrected chi connectivity index (χ1v) is 8.82. The number of benzene rings is 2. The third-order valence-corrected chi connectivity index (χ3v) is 4.44. The summed E-state index contributed by atoms with van der Waals surface area (Å²) in [5.74, 6) is -1.05. The van der Waals surface area contributed by atoms with Crippen LogP contribution in [0.4, 0.5) is 9.52 Å². The zero-order valence-corrected chi connectivity index (χ0v) is 14.9. The number of carbonyl (C=O) groups is 2. The monoisotopic (exact) mass is 389 g/mol. The van der Waals surface area contributed by atoms with Crippen molar-refractivity contribution in [2.24, 2.45) is 0 Å². The van der Waals surface area contributed by atoms with E-state index in [1.54, 1.807) is 41.8 Å². The summed E-state index contributed by atoms with van der Waals surface area (Å²) in [7, 11) is 0. The lowest BCUT2D eigenvalue weighted by Crippen LogP contribution is -2.23. The van der Waals surface area contributed by atoms with Crippen molar-refractivity contribution in [2.45, 2.75) is 6.54 Å². The van der Waals surface area contributed by atoms with Gasteiger partial charge in [-0.1, -0.05) is 23.7 Å². The van der Waals surface area contributed by atoms with E-state index in [0.29, 0.717) is 15.7 Å². The van der Waals surface area contributed by atoms with Gasteiger partial charge in [-0.05, 0) is 42.0 Å². The molecule has 0 unspecified atom stereocenters. The van der Waals surface area contributed by atoms with Gasteiger partial charge in [-0.2, -0.15) is 0 Å². The minimum absolute atomic E-state index is 0.198. The van der Waals surface area contributed by atoms with E-state index in [2.05, 4.69) is 15.6 Å². The van der Waals surface area contributed by atoms with E-state index in [9.17, 15) is 14.0 Å². The molecule has 132 valence electrons. The maximum atomic E-state index is 12.9. The van der Waals surface area contributed by atoms with Crippen LogP contribution in [0.25, 0.3) is 0 Å². The SMILES string of the molecule is O=C(Nc1nc(C(=O)NCc2ccc(F)cc2)cs1)c1ccc(Cl)cc1. The van der Waals surface area contributed by atoms with Crippen LogP contribution in [-0.2, 0) is 6.54 Å². The van der Waals surface area contributed by atoms with Gasteiger partial charge in [0.1, 0.15) is 11.5 Å². The molecule has 0 radical (unpaired) electrons. The summed E-state index contributed by atoms with van der Waals surface area (Å²) in [6.45, 7) is 0.253. The first-order valence-electron chi connectivity index (χ1n) is 7.56. The van der Waals surface area contributed by atoms with Gasteiger partial charge >= 0.3 is 0 Å². The van der Waals surface area contributed by atoms with Gasteiger partial charge in [0.2, 0.25) is 0 Å². The molecule has 1 aromatic heterocycles. The van der Waals surface area contributed by atoms with Crippen molar-refractivity contribution in [1.82, 2.24) is 10.3 Å². The molecule has 0 aliphatic carbocycles. The van der Waals surface area contributed by atoms with Gasteiger partial charge in [0.05, 0.1) is 0 Å². The average molecular weight is 390 g/mol. The number of hydrogen-bond donors (Lipinski definition) is 2. The van der Waals surface area contributed by atoms with Crippen LogP contribution in [0.2, 0.25) is 5.02 Å². The highest BCUT2D eigenvalue weighted by Gasteiger charge is 2.13. The Labute approximate surface area is 157 Å². The van der Waals surface area contributed by atoms with Crippen molar-refractivity contribution in [1.29, 1.82) is 0 Å². The van der Waals surface area contributed by atoms with Crippen LogP contribution in [0.1, 0.15) is 26.4 Å². The van der Waals surface area contributed by atoms with Crippen molar-refractivity contribution >= 4 is 39.9 Å².